The molecule has 0 saturated carbocycles. The lowest BCUT2D eigenvalue weighted by molar-refractivity contribution is -0.114. The Morgan fingerprint density at radius 3 is 2.63 bits per heavy atom. The first-order valence-electron chi connectivity index (χ1n) is 9.25. The minimum Gasteiger partial charge on any atom is -0.325 e. The number of nitrogens with zero attached hydrogens (tertiary/aromatic N) is 1. The summed E-state index contributed by atoms with van der Waals surface area (Å²) in [6.07, 6.45) is 3.71. The van der Waals surface area contributed by atoms with Crippen molar-refractivity contribution in [3.05, 3.63) is 45.6 Å². The maximum absolute atomic E-state index is 13.7. The molecule has 0 spiro atoms. The highest BCUT2D eigenvalue weighted by Gasteiger charge is 2.36. The fourth-order valence-electron chi connectivity index (χ4n) is 3.62. The maximum Gasteiger partial charge on any atom is 0.245 e. The second kappa shape index (κ2) is 8.12. The van der Waals surface area contributed by atoms with E-state index in [9.17, 15) is 13.2 Å². The zero-order chi connectivity index (χ0) is 19.6. The summed E-state index contributed by atoms with van der Waals surface area (Å²) in [7, 11) is -3.75. The Morgan fingerprint density at radius 2 is 1.96 bits per heavy atom. The lowest BCUT2D eigenvalue weighted by Crippen LogP contribution is -2.35. The second-order valence-corrected chi connectivity index (χ2v) is 9.94. The van der Waals surface area contributed by atoms with Gasteiger partial charge >= 0.3 is 0 Å². The van der Waals surface area contributed by atoms with Crippen LogP contribution in [0.3, 0.4) is 0 Å². The van der Waals surface area contributed by atoms with Gasteiger partial charge in [-0.25, -0.2) is 8.42 Å². The van der Waals surface area contributed by atoms with Crippen molar-refractivity contribution in [1.82, 2.24) is 4.31 Å². The molecule has 1 atom stereocenters. The van der Waals surface area contributed by atoms with Gasteiger partial charge in [-0.1, -0.05) is 18.9 Å². The van der Waals surface area contributed by atoms with Gasteiger partial charge in [0.25, 0.3) is 0 Å². The number of aryl methyl sites for hydroxylation is 2. The van der Waals surface area contributed by atoms with Crippen LogP contribution in [0.1, 0.15) is 54.7 Å². The minimum absolute atomic E-state index is 0.150. The largest absolute Gasteiger partial charge is 0.325 e. The average Bonchev–Trinajstić information content (AvgIpc) is 2.88. The molecule has 1 aromatic heterocycles. The van der Waals surface area contributed by atoms with Gasteiger partial charge in [-0.2, -0.15) is 4.31 Å². The van der Waals surface area contributed by atoms with Crippen LogP contribution in [0.25, 0.3) is 0 Å². The normalized spacial score (nSPS) is 18.9. The van der Waals surface area contributed by atoms with Crippen molar-refractivity contribution in [2.24, 2.45) is 0 Å². The molecule has 0 radical (unpaired) electrons. The molecule has 1 saturated heterocycles. The Bertz CT molecular complexity index is 934. The molecule has 27 heavy (non-hydrogen) atoms. The fourth-order valence-corrected chi connectivity index (χ4v) is 6.66. The molecule has 146 valence electrons. The summed E-state index contributed by atoms with van der Waals surface area (Å²) < 4.78 is 29.0. The number of rotatable bonds is 4. The van der Waals surface area contributed by atoms with E-state index in [1.165, 1.54) is 6.92 Å². The van der Waals surface area contributed by atoms with Crippen molar-refractivity contribution in [2.45, 2.75) is 57.4 Å². The summed E-state index contributed by atoms with van der Waals surface area (Å²) in [5, 5.41) is 4.70. The molecule has 1 aliphatic rings. The van der Waals surface area contributed by atoms with Crippen LogP contribution in [0, 0.1) is 13.8 Å². The van der Waals surface area contributed by atoms with Crippen molar-refractivity contribution in [2.75, 3.05) is 11.9 Å². The molecule has 1 fully saturated rings. The fraction of sp³-hybridized carbons (Fsp3) is 0.450. The standard InChI is InChI=1S/C20H26N2O3S2/c1-14-8-9-17(21-16(3)23)19(13-14)27(24,25)22-11-6-4-5-7-18(22)20-15(2)10-12-26-20/h8-10,12-13,18H,4-7,11H2,1-3H3,(H,21,23)/t18-/m0/s1. The van der Waals surface area contributed by atoms with Crippen molar-refractivity contribution in [3.8, 4) is 0 Å². The summed E-state index contributed by atoms with van der Waals surface area (Å²) in [6, 6.07) is 7.04. The summed E-state index contributed by atoms with van der Waals surface area (Å²) in [4.78, 5) is 12.9. The topological polar surface area (TPSA) is 66.5 Å². The number of benzene rings is 1. The average molecular weight is 407 g/mol. The van der Waals surface area contributed by atoms with Crippen LogP contribution >= 0.6 is 11.3 Å². The first-order chi connectivity index (χ1) is 12.8. The molecule has 1 aliphatic heterocycles. The SMILES string of the molecule is CC(=O)Nc1ccc(C)cc1S(=O)(=O)N1CCCCC[C@H]1c1sccc1C. The smallest absolute Gasteiger partial charge is 0.245 e. The Balaban J connectivity index is 2.10. The number of carbonyl (C=O) groups excluding carboxylic acids is 1. The third kappa shape index (κ3) is 4.25. The number of hydrogen-bond donors (Lipinski definition) is 1. The lowest BCUT2D eigenvalue weighted by atomic mass is 10.1. The van der Waals surface area contributed by atoms with E-state index in [2.05, 4.69) is 5.32 Å². The van der Waals surface area contributed by atoms with Crippen LogP contribution in [0.15, 0.2) is 34.5 Å². The number of thiophene rings is 1. The second-order valence-electron chi connectivity index (χ2n) is 7.13. The van der Waals surface area contributed by atoms with Crippen molar-refractivity contribution < 1.29 is 13.2 Å². The van der Waals surface area contributed by atoms with Crippen molar-refractivity contribution in [3.63, 3.8) is 0 Å². The monoisotopic (exact) mass is 406 g/mol. The molecule has 7 heteroatoms. The van der Waals surface area contributed by atoms with Gasteiger partial charge in [0.1, 0.15) is 4.90 Å². The van der Waals surface area contributed by atoms with E-state index in [1.807, 2.05) is 31.4 Å². The van der Waals surface area contributed by atoms with Gasteiger partial charge in [0, 0.05) is 18.3 Å². The van der Waals surface area contributed by atoms with Crippen LogP contribution in [-0.4, -0.2) is 25.2 Å². The predicted octanol–water partition coefficient (Wildman–Crippen LogP) is 4.63. The van der Waals surface area contributed by atoms with Gasteiger partial charge in [0.15, 0.2) is 0 Å². The van der Waals surface area contributed by atoms with Gasteiger partial charge in [0.2, 0.25) is 15.9 Å². The molecular formula is C20H26N2O3S2. The van der Waals surface area contributed by atoms with E-state index in [4.69, 9.17) is 0 Å². The summed E-state index contributed by atoms with van der Waals surface area (Å²) in [5.74, 6) is -0.281. The van der Waals surface area contributed by atoms with Crippen molar-refractivity contribution >= 4 is 33.0 Å². The Morgan fingerprint density at radius 1 is 1.19 bits per heavy atom. The molecule has 0 aliphatic carbocycles. The van der Waals surface area contributed by atoms with Gasteiger partial charge in [-0.15, -0.1) is 11.3 Å². The van der Waals surface area contributed by atoms with E-state index in [-0.39, 0.29) is 16.8 Å². The highest BCUT2D eigenvalue weighted by atomic mass is 32.2. The van der Waals surface area contributed by atoms with Crippen LogP contribution in [0.5, 0.6) is 0 Å². The van der Waals surface area contributed by atoms with Crippen LogP contribution in [0.4, 0.5) is 5.69 Å². The lowest BCUT2D eigenvalue weighted by Gasteiger charge is -2.30. The van der Waals surface area contributed by atoms with Crippen LogP contribution < -0.4 is 5.32 Å². The third-order valence-electron chi connectivity index (χ3n) is 4.94. The summed E-state index contributed by atoms with van der Waals surface area (Å²) in [6.45, 7) is 5.79. The first-order valence-corrected chi connectivity index (χ1v) is 11.6. The molecule has 5 nitrogen and oxygen atoms in total. The van der Waals surface area contributed by atoms with Gasteiger partial charge in [-0.3, -0.25) is 4.79 Å². The molecule has 0 unspecified atom stereocenters. The van der Waals surface area contributed by atoms with Crippen LogP contribution in [0.2, 0.25) is 0 Å². The molecule has 2 aromatic rings. The highest BCUT2D eigenvalue weighted by Crippen LogP contribution is 2.39. The van der Waals surface area contributed by atoms with Crippen LogP contribution in [-0.2, 0) is 14.8 Å². The first kappa shape index (κ1) is 20.0. The highest BCUT2D eigenvalue weighted by molar-refractivity contribution is 7.89. The zero-order valence-electron chi connectivity index (χ0n) is 16.0. The number of amides is 1. The Labute approximate surface area is 165 Å². The number of hydrogen-bond acceptors (Lipinski definition) is 4. The zero-order valence-corrected chi connectivity index (χ0v) is 17.6. The third-order valence-corrected chi connectivity index (χ3v) is 8.01. The van der Waals surface area contributed by atoms with Gasteiger partial charge in [0.05, 0.1) is 11.7 Å². The molecule has 3 rings (SSSR count). The molecule has 2 heterocycles. The maximum atomic E-state index is 13.7. The van der Waals surface area contributed by atoms with E-state index in [1.54, 1.807) is 27.8 Å². The number of carbonyl (C=O) groups is 1. The Kier molecular flexibility index (Phi) is 6.03. The summed E-state index contributed by atoms with van der Waals surface area (Å²) >= 11 is 1.62. The molecule has 1 amide bonds. The van der Waals surface area contributed by atoms with Crippen molar-refractivity contribution in [1.29, 1.82) is 0 Å². The number of nitrogens with one attached hydrogen (secondary N) is 1. The van der Waals surface area contributed by atoms with E-state index < -0.39 is 10.0 Å². The number of sulfonamides is 1. The molecular weight excluding hydrogens is 380 g/mol. The quantitative estimate of drug-likeness (QED) is 0.805. The van der Waals surface area contributed by atoms with Gasteiger partial charge in [-0.05, 0) is 61.4 Å². The molecule has 1 N–H and O–H groups in total. The Hall–Kier alpha value is -1.70. The minimum atomic E-state index is -3.75. The number of anilines is 1. The van der Waals surface area contributed by atoms with E-state index in [0.29, 0.717) is 12.2 Å². The van der Waals surface area contributed by atoms with E-state index >= 15 is 0 Å². The summed E-state index contributed by atoms with van der Waals surface area (Å²) in [5.41, 5.74) is 2.33. The predicted molar refractivity (Wildman–Crippen MR) is 110 cm³/mol. The molecule has 0 bridgehead atoms. The van der Waals surface area contributed by atoms with E-state index in [0.717, 1.165) is 41.7 Å². The van der Waals surface area contributed by atoms with Gasteiger partial charge < -0.3 is 5.32 Å². The molecule has 1 aromatic carbocycles.